The van der Waals surface area contributed by atoms with Crippen molar-refractivity contribution >= 4 is 44.1 Å². The maximum atomic E-state index is 13.9. The highest BCUT2D eigenvalue weighted by molar-refractivity contribution is 9.10. The number of benzene rings is 2. The Balaban J connectivity index is 1.36. The number of thiazole rings is 1. The fraction of sp³-hybridized carbons (Fsp3) is 0.345. The molecule has 0 saturated carbocycles. The lowest BCUT2D eigenvalue weighted by Gasteiger charge is -2.22. The molecule has 1 aliphatic rings. The summed E-state index contributed by atoms with van der Waals surface area (Å²) >= 11 is 5.30. The van der Waals surface area contributed by atoms with E-state index in [1.54, 1.807) is 11.3 Å². The van der Waals surface area contributed by atoms with Gasteiger partial charge in [-0.1, -0.05) is 67.0 Å². The van der Waals surface area contributed by atoms with Crippen LogP contribution in [0.3, 0.4) is 0 Å². The minimum atomic E-state index is 0.0763. The molecule has 36 heavy (non-hydrogen) atoms. The highest BCUT2D eigenvalue weighted by Gasteiger charge is 2.24. The zero-order valence-electron chi connectivity index (χ0n) is 21.0. The molecule has 0 aliphatic carbocycles. The molecule has 0 atom stereocenters. The minimum Gasteiger partial charge on any atom is -0.337 e. The molecule has 5 nitrogen and oxygen atoms in total. The number of amides is 1. The standard InChI is InChI=1S/C29H31BrN4OS/c1-29(2,3)28-31-22(19-36-28)18-33-12-7-13-34(15-14-33)27(35)24-17-26(20-8-6-9-21(30)16-20)32-25-11-5-4-10-23(24)25/h4-6,8-11,16-17,19H,7,12-15,18H2,1-3H3. The SMILES string of the molecule is CC(C)(C)c1nc(CN2CCCN(C(=O)c3cc(-c4cccc(Br)c4)nc4ccccc34)CC2)cs1. The lowest BCUT2D eigenvalue weighted by atomic mass is 9.98. The molecule has 1 amide bonds. The van der Waals surface area contributed by atoms with Gasteiger partial charge < -0.3 is 4.90 Å². The van der Waals surface area contributed by atoms with E-state index in [0.717, 1.165) is 70.5 Å². The van der Waals surface area contributed by atoms with Gasteiger partial charge in [-0.15, -0.1) is 11.3 Å². The number of carbonyl (C=O) groups excluding carboxylic acids is 1. The number of carbonyl (C=O) groups is 1. The Hall–Kier alpha value is -2.61. The molecule has 3 heterocycles. The van der Waals surface area contributed by atoms with Crippen molar-refractivity contribution in [2.24, 2.45) is 0 Å². The highest BCUT2D eigenvalue weighted by Crippen LogP contribution is 2.29. The van der Waals surface area contributed by atoms with Crippen LogP contribution in [-0.2, 0) is 12.0 Å². The largest absolute Gasteiger partial charge is 0.337 e. The number of hydrogen-bond donors (Lipinski definition) is 0. The van der Waals surface area contributed by atoms with Gasteiger partial charge in [-0.05, 0) is 30.7 Å². The van der Waals surface area contributed by atoms with Gasteiger partial charge in [-0.25, -0.2) is 9.97 Å². The molecule has 0 bridgehead atoms. The molecule has 186 valence electrons. The second-order valence-electron chi connectivity index (χ2n) is 10.4. The Bertz CT molecular complexity index is 1390. The number of nitrogens with zero attached hydrogens (tertiary/aromatic N) is 4. The average molecular weight is 564 g/mol. The Morgan fingerprint density at radius 1 is 1.00 bits per heavy atom. The lowest BCUT2D eigenvalue weighted by Crippen LogP contribution is -2.35. The molecule has 2 aromatic carbocycles. The molecule has 0 unspecified atom stereocenters. The Morgan fingerprint density at radius 3 is 2.61 bits per heavy atom. The van der Waals surface area contributed by atoms with Gasteiger partial charge in [0.1, 0.15) is 0 Å². The predicted octanol–water partition coefficient (Wildman–Crippen LogP) is 6.77. The molecule has 0 spiro atoms. The van der Waals surface area contributed by atoms with Gasteiger partial charge in [0.2, 0.25) is 0 Å². The van der Waals surface area contributed by atoms with Crippen LogP contribution < -0.4 is 0 Å². The summed E-state index contributed by atoms with van der Waals surface area (Å²) in [5.74, 6) is 0.0790. The van der Waals surface area contributed by atoms with Gasteiger partial charge in [0.25, 0.3) is 5.91 Å². The topological polar surface area (TPSA) is 49.3 Å². The first-order valence-corrected chi connectivity index (χ1v) is 14.1. The lowest BCUT2D eigenvalue weighted by molar-refractivity contribution is 0.0763. The molecule has 1 fully saturated rings. The van der Waals surface area contributed by atoms with Crippen LogP contribution in [0, 0.1) is 0 Å². The Kier molecular flexibility index (Phi) is 7.24. The molecular weight excluding hydrogens is 532 g/mol. The maximum Gasteiger partial charge on any atom is 0.254 e. The van der Waals surface area contributed by atoms with E-state index in [4.69, 9.17) is 9.97 Å². The number of aromatic nitrogens is 2. The van der Waals surface area contributed by atoms with Crippen molar-refractivity contribution in [1.82, 2.24) is 19.8 Å². The van der Waals surface area contributed by atoms with E-state index in [2.05, 4.69) is 47.0 Å². The number of rotatable bonds is 4. The van der Waals surface area contributed by atoms with Crippen LogP contribution in [0.15, 0.2) is 64.5 Å². The predicted molar refractivity (Wildman–Crippen MR) is 151 cm³/mol. The van der Waals surface area contributed by atoms with Crippen molar-refractivity contribution in [2.75, 3.05) is 26.2 Å². The van der Waals surface area contributed by atoms with E-state index >= 15 is 0 Å². The van der Waals surface area contributed by atoms with Crippen molar-refractivity contribution < 1.29 is 4.79 Å². The van der Waals surface area contributed by atoms with Gasteiger partial charge in [-0.2, -0.15) is 0 Å². The molecule has 1 saturated heterocycles. The van der Waals surface area contributed by atoms with Crippen LogP contribution in [0.5, 0.6) is 0 Å². The number of para-hydroxylation sites is 1. The van der Waals surface area contributed by atoms with E-state index in [1.165, 1.54) is 5.01 Å². The second-order valence-corrected chi connectivity index (χ2v) is 12.2. The summed E-state index contributed by atoms with van der Waals surface area (Å²) in [5.41, 5.74) is 4.57. The Labute approximate surface area is 225 Å². The van der Waals surface area contributed by atoms with Crippen molar-refractivity contribution in [1.29, 1.82) is 0 Å². The third kappa shape index (κ3) is 5.53. The summed E-state index contributed by atoms with van der Waals surface area (Å²) in [6, 6.07) is 18.0. The fourth-order valence-electron chi connectivity index (χ4n) is 4.60. The van der Waals surface area contributed by atoms with E-state index in [9.17, 15) is 4.79 Å². The van der Waals surface area contributed by atoms with E-state index < -0.39 is 0 Å². The number of pyridine rings is 1. The quantitative estimate of drug-likeness (QED) is 0.275. The van der Waals surface area contributed by atoms with Crippen LogP contribution >= 0.6 is 27.3 Å². The van der Waals surface area contributed by atoms with E-state index in [-0.39, 0.29) is 11.3 Å². The van der Waals surface area contributed by atoms with Crippen LogP contribution in [0.4, 0.5) is 0 Å². The molecule has 0 radical (unpaired) electrons. The molecule has 4 aromatic rings. The van der Waals surface area contributed by atoms with Crippen molar-refractivity contribution in [3.05, 3.63) is 80.7 Å². The third-order valence-electron chi connectivity index (χ3n) is 6.52. The molecule has 1 aliphatic heterocycles. The summed E-state index contributed by atoms with van der Waals surface area (Å²) in [6.45, 7) is 10.7. The van der Waals surface area contributed by atoms with E-state index in [1.807, 2.05) is 59.5 Å². The average Bonchev–Trinajstić information content (AvgIpc) is 3.22. The molecule has 0 N–H and O–H groups in total. The molecular formula is C29H31BrN4OS. The van der Waals surface area contributed by atoms with Crippen LogP contribution in [0.1, 0.15) is 48.3 Å². The summed E-state index contributed by atoms with van der Waals surface area (Å²) in [7, 11) is 0. The summed E-state index contributed by atoms with van der Waals surface area (Å²) in [5, 5.41) is 4.26. The smallest absolute Gasteiger partial charge is 0.254 e. The molecule has 2 aromatic heterocycles. The first-order chi connectivity index (χ1) is 17.3. The van der Waals surface area contributed by atoms with E-state index in [0.29, 0.717) is 6.54 Å². The normalized spacial score (nSPS) is 15.3. The summed E-state index contributed by atoms with van der Waals surface area (Å²) in [6.07, 6.45) is 0.948. The summed E-state index contributed by atoms with van der Waals surface area (Å²) < 4.78 is 0.991. The Morgan fingerprint density at radius 2 is 1.83 bits per heavy atom. The van der Waals surface area contributed by atoms with Crippen LogP contribution in [0.25, 0.3) is 22.2 Å². The van der Waals surface area contributed by atoms with Crippen LogP contribution in [0.2, 0.25) is 0 Å². The highest BCUT2D eigenvalue weighted by atomic mass is 79.9. The second kappa shape index (κ2) is 10.4. The first kappa shape index (κ1) is 25.1. The minimum absolute atomic E-state index is 0.0763. The summed E-state index contributed by atoms with van der Waals surface area (Å²) in [4.78, 5) is 28.0. The van der Waals surface area contributed by atoms with Gasteiger partial charge in [-0.3, -0.25) is 9.69 Å². The maximum absolute atomic E-state index is 13.9. The molecule has 5 rings (SSSR count). The fourth-order valence-corrected chi connectivity index (χ4v) is 5.90. The number of halogens is 1. The van der Waals surface area contributed by atoms with Crippen molar-refractivity contribution in [3.63, 3.8) is 0 Å². The zero-order valence-corrected chi connectivity index (χ0v) is 23.4. The number of hydrogen-bond acceptors (Lipinski definition) is 5. The first-order valence-electron chi connectivity index (χ1n) is 12.4. The zero-order chi connectivity index (χ0) is 25.3. The van der Waals surface area contributed by atoms with Crippen LogP contribution in [-0.4, -0.2) is 51.9 Å². The van der Waals surface area contributed by atoms with Gasteiger partial charge in [0.15, 0.2) is 0 Å². The third-order valence-corrected chi connectivity index (χ3v) is 8.33. The molecule has 7 heteroatoms. The van der Waals surface area contributed by atoms with Gasteiger partial charge in [0.05, 0.1) is 27.5 Å². The monoisotopic (exact) mass is 562 g/mol. The van der Waals surface area contributed by atoms with Gasteiger partial charge in [0, 0.05) is 58.9 Å². The van der Waals surface area contributed by atoms with Crippen molar-refractivity contribution in [2.45, 2.75) is 39.2 Å². The number of fused-ring (bicyclic) bond motifs is 1. The van der Waals surface area contributed by atoms with Gasteiger partial charge >= 0.3 is 0 Å². The van der Waals surface area contributed by atoms with Crippen molar-refractivity contribution in [3.8, 4) is 11.3 Å².